The van der Waals surface area contributed by atoms with Gasteiger partial charge in [0, 0.05) is 6.42 Å². The molecule has 0 unspecified atom stereocenters. The van der Waals surface area contributed by atoms with E-state index in [1.54, 1.807) is 0 Å². The van der Waals surface area contributed by atoms with Crippen molar-refractivity contribution >= 4 is 5.78 Å². The number of allylic oxidation sites excluding steroid dienone is 2. The van der Waals surface area contributed by atoms with Crippen LogP contribution in [0.1, 0.15) is 83.5 Å². The van der Waals surface area contributed by atoms with Crippen LogP contribution in [0.15, 0.2) is 11.8 Å². The molecule has 4 nitrogen and oxygen atoms in total. The van der Waals surface area contributed by atoms with Crippen molar-refractivity contribution in [3.8, 4) is 0 Å². The van der Waals surface area contributed by atoms with Gasteiger partial charge in [-0.25, -0.2) is 0 Å². The van der Waals surface area contributed by atoms with Crippen LogP contribution in [0.4, 0.5) is 0 Å². The van der Waals surface area contributed by atoms with Gasteiger partial charge in [0.15, 0.2) is 0 Å². The third kappa shape index (κ3) is 7.41. The first-order chi connectivity index (χ1) is 9.72. The van der Waals surface area contributed by atoms with E-state index in [0.717, 1.165) is 32.1 Å². The number of carbonyl (C=O) groups excluding carboxylic acids is 1. The van der Waals surface area contributed by atoms with E-state index >= 15 is 0 Å². The number of nitro groups is 1. The summed E-state index contributed by atoms with van der Waals surface area (Å²) >= 11 is 0. The van der Waals surface area contributed by atoms with E-state index in [1.165, 1.54) is 44.6 Å². The van der Waals surface area contributed by atoms with Crippen molar-refractivity contribution in [1.82, 2.24) is 0 Å². The Bertz CT molecular complexity index is 337. The van der Waals surface area contributed by atoms with Gasteiger partial charge in [0.1, 0.15) is 0 Å². The largest absolute Gasteiger partial charge is 0.308 e. The van der Waals surface area contributed by atoms with Gasteiger partial charge in [-0.15, -0.1) is 0 Å². The lowest BCUT2D eigenvalue weighted by molar-refractivity contribution is -0.419. The molecule has 0 N–H and O–H groups in total. The van der Waals surface area contributed by atoms with Crippen molar-refractivity contribution in [2.75, 3.05) is 0 Å². The van der Waals surface area contributed by atoms with Crippen molar-refractivity contribution in [3.05, 3.63) is 21.9 Å². The van der Waals surface area contributed by atoms with E-state index in [0.29, 0.717) is 12.8 Å². The fourth-order valence-corrected chi connectivity index (χ4v) is 2.68. The number of hydrogen-bond acceptors (Lipinski definition) is 3. The monoisotopic (exact) mass is 281 g/mol. The van der Waals surface area contributed by atoms with Crippen molar-refractivity contribution in [3.63, 3.8) is 0 Å². The Kier molecular flexibility index (Phi) is 8.92. The van der Waals surface area contributed by atoms with Crippen LogP contribution in [0, 0.1) is 10.1 Å². The summed E-state index contributed by atoms with van der Waals surface area (Å²) < 4.78 is 0. The van der Waals surface area contributed by atoms with E-state index in [4.69, 9.17) is 0 Å². The van der Waals surface area contributed by atoms with Crippen molar-refractivity contribution in [1.29, 1.82) is 0 Å². The maximum absolute atomic E-state index is 11.8. The third-order valence-electron chi connectivity index (χ3n) is 3.93. The average molecular weight is 281 g/mol. The fraction of sp³-hybridized carbons (Fsp3) is 0.812. The highest BCUT2D eigenvalue weighted by atomic mass is 16.6. The zero-order chi connectivity index (χ0) is 14.6. The van der Waals surface area contributed by atoms with E-state index in [-0.39, 0.29) is 11.5 Å². The van der Waals surface area contributed by atoms with Gasteiger partial charge in [0.05, 0.1) is 4.92 Å². The molecular weight excluding hydrogens is 254 g/mol. The highest BCUT2D eigenvalue weighted by Gasteiger charge is 2.20. The molecule has 1 aliphatic carbocycles. The van der Waals surface area contributed by atoms with Crippen molar-refractivity contribution in [2.24, 2.45) is 0 Å². The first kappa shape index (κ1) is 16.9. The van der Waals surface area contributed by atoms with Gasteiger partial charge < -0.3 is 0 Å². The standard InChI is InChI=1S/C16H27NO3/c18-16-14-12-10-8-6-4-2-1-3-5-7-9-11-13-15(16)17(19)20/h13H,1-12,14H2/b15-13+. The minimum absolute atomic E-state index is 0.183. The van der Waals surface area contributed by atoms with Gasteiger partial charge >= 0.3 is 5.70 Å². The van der Waals surface area contributed by atoms with Crippen LogP contribution >= 0.6 is 0 Å². The Morgan fingerprint density at radius 1 is 0.800 bits per heavy atom. The number of Topliss-reactive ketones (excluding diaryl/α,β-unsaturated/α-hetero) is 1. The molecule has 0 fully saturated rings. The summed E-state index contributed by atoms with van der Waals surface area (Å²) in [6.07, 6.45) is 15.1. The van der Waals surface area contributed by atoms with Gasteiger partial charge in [-0.2, -0.15) is 0 Å². The highest BCUT2D eigenvalue weighted by Crippen LogP contribution is 2.15. The maximum atomic E-state index is 11.8. The molecule has 1 rings (SSSR count). The van der Waals surface area contributed by atoms with Crippen molar-refractivity contribution in [2.45, 2.75) is 83.5 Å². The molecule has 20 heavy (non-hydrogen) atoms. The third-order valence-corrected chi connectivity index (χ3v) is 3.93. The van der Waals surface area contributed by atoms with Crippen LogP contribution in [0.25, 0.3) is 0 Å². The lowest BCUT2D eigenvalue weighted by atomic mass is 10.0. The number of carbonyl (C=O) groups is 1. The zero-order valence-corrected chi connectivity index (χ0v) is 12.4. The Labute approximate surface area is 121 Å². The van der Waals surface area contributed by atoms with E-state index < -0.39 is 4.92 Å². The van der Waals surface area contributed by atoms with E-state index in [9.17, 15) is 14.9 Å². The highest BCUT2D eigenvalue weighted by molar-refractivity contribution is 5.92. The Morgan fingerprint density at radius 2 is 1.25 bits per heavy atom. The number of rotatable bonds is 1. The second kappa shape index (κ2) is 10.6. The molecule has 0 bridgehead atoms. The molecule has 0 heterocycles. The summed E-state index contributed by atoms with van der Waals surface area (Å²) in [5.41, 5.74) is -0.183. The predicted molar refractivity (Wildman–Crippen MR) is 80.1 cm³/mol. The number of hydrogen-bond donors (Lipinski definition) is 0. The van der Waals surface area contributed by atoms with Gasteiger partial charge in [0.25, 0.3) is 0 Å². The summed E-state index contributed by atoms with van der Waals surface area (Å²) in [5, 5.41) is 10.9. The quantitative estimate of drug-likeness (QED) is 0.512. The summed E-state index contributed by atoms with van der Waals surface area (Å²) in [7, 11) is 0. The van der Waals surface area contributed by atoms with Crippen LogP contribution in [0.3, 0.4) is 0 Å². The molecule has 0 aliphatic heterocycles. The second-order valence-corrected chi connectivity index (χ2v) is 5.70. The minimum atomic E-state index is -0.508. The van der Waals surface area contributed by atoms with Crippen molar-refractivity contribution < 1.29 is 9.72 Å². The van der Waals surface area contributed by atoms with Crippen LogP contribution in [-0.2, 0) is 4.79 Å². The lowest BCUT2D eigenvalue weighted by Gasteiger charge is -2.04. The molecule has 114 valence electrons. The zero-order valence-electron chi connectivity index (χ0n) is 12.4. The molecule has 0 saturated carbocycles. The Balaban J connectivity index is 2.49. The summed E-state index contributed by atoms with van der Waals surface area (Å²) in [4.78, 5) is 22.3. The molecule has 4 heteroatoms. The molecule has 0 radical (unpaired) electrons. The molecule has 0 amide bonds. The SMILES string of the molecule is O=C1CCCCCCCCCCCCC/C=C\1[N+](=O)[O-]. The summed E-state index contributed by atoms with van der Waals surface area (Å²) in [5.74, 6) is -0.290. The average Bonchev–Trinajstić information content (AvgIpc) is 2.41. The molecule has 1 aliphatic rings. The fourth-order valence-electron chi connectivity index (χ4n) is 2.68. The van der Waals surface area contributed by atoms with Crippen LogP contribution in [0.5, 0.6) is 0 Å². The smallest absolute Gasteiger partial charge is 0.287 e. The van der Waals surface area contributed by atoms with Gasteiger partial charge in [0.2, 0.25) is 5.78 Å². The second-order valence-electron chi connectivity index (χ2n) is 5.70. The molecule has 0 aromatic heterocycles. The molecule has 0 saturated heterocycles. The van der Waals surface area contributed by atoms with Gasteiger partial charge in [-0.05, 0) is 25.3 Å². The molecule has 0 aromatic rings. The first-order valence-corrected chi connectivity index (χ1v) is 8.09. The minimum Gasteiger partial charge on any atom is -0.287 e. The molecule has 0 atom stereocenters. The Hall–Kier alpha value is -1.19. The lowest BCUT2D eigenvalue weighted by Crippen LogP contribution is -2.11. The van der Waals surface area contributed by atoms with E-state index in [1.807, 2.05) is 0 Å². The predicted octanol–water partition coefficient (Wildman–Crippen LogP) is 4.80. The molecule has 0 spiro atoms. The maximum Gasteiger partial charge on any atom is 0.308 e. The summed E-state index contributed by atoms with van der Waals surface area (Å²) in [6.45, 7) is 0. The Morgan fingerprint density at radius 3 is 1.75 bits per heavy atom. The van der Waals surface area contributed by atoms with Crippen LogP contribution in [0.2, 0.25) is 0 Å². The normalized spacial score (nSPS) is 23.8. The van der Waals surface area contributed by atoms with Crippen LogP contribution < -0.4 is 0 Å². The molecular formula is C16H27NO3. The summed E-state index contributed by atoms with van der Waals surface area (Å²) in [6, 6.07) is 0. The van der Waals surface area contributed by atoms with E-state index in [2.05, 4.69) is 0 Å². The number of nitrogens with zero attached hydrogens (tertiary/aromatic N) is 1. The van der Waals surface area contributed by atoms with Gasteiger partial charge in [-0.1, -0.05) is 57.8 Å². The van der Waals surface area contributed by atoms with Gasteiger partial charge in [-0.3, -0.25) is 14.9 Å². The number of ketones is 1. The molecule has 0 aromatic carbocycles. The van der Waals surface area contributed by atoms with Crippen LogP contribution in [-0.4, -0.2) is 10.7 Å². The first-order valence-electron chi connectivity index (χ1n) is 8.09. The topological polar surface area (TPSA) is 60.2 Å².